The predicted molar refractivity (Wildman–Crippen MR) is 187 cm³/mol. The fraction of sp³-hybridized carbons (Fsp3) is 0.410. The van der Waals surface area contributed by atoms with E-state index in [0.717, 1.165) is 42.2 Å². The molecular weight excluding hydrogens is 622 g/mol. The maximum atomic E-state index is 14.0. The zero-order chi connectivity index (χ0) is 34.9. The number of phenolic OH excluding ortho intramolecular Hbond substituents is 1. The molecule has 1 amide bonds. The van der Waals surface area contributed by atoms with E-state index in [-0.39, 0.29) is 54.8 Å². The third-order valence-corrected chi connectivity index (χ3v) is 10.0. The van der Waals surface area contributed by atoms with Crippen molar-refractivity contribution in [2.75, 3.05) is 5.32 Å². The van der Waals surface area contributed by atoms with Crippen LogP contribution in [0.3, 0.4) is 0 Å². The van der Waals surface area contributed by atoms with E-state index < -0.39 is 11.8 Å². The Morgan fingerprint density at radius 2 is 1.80 bits per heavy atom. The van der Waals surface area contributed by atoms with Gasteiger partial charge in [-0.2, -0.15) is 0 Å². The molecule has 0 spiro atoms. The topological polar surface area (TPSA) is 137 Å². The van der Waals surface area contributed by atoms with Gasteiger partial charge >= 0.3 is 6.16 Å². The van der Waals surface area contributed by atoms with E-state index in [1.54, 1.807) is 60.0 Å². The number of ether oxygens (including phenoxy) is 2. The summed E-state index contributed by atoms with van der Waals surface area (Å²) in [5.74, 6) is -0.265. The molecule has 0 radical (unpaired) electrons. The van der Waals surface area contributed by atoms with Gasteiger partial charge in [0.1, 0.15) is 12.4 Å². The van der Waals surface area contributed by atoms with Crippen molar-refractivity contribution in [2.24, 2.45) is 5.92 Å². The number of pyridine rings is 2. The normalized spacial score (nSPS) is 16.9. The highest BCUT2D eigenvalue weighted by Gasteiger charge is 2.48. The molecule has 1 aliphatic heterocycles. The molecule has 1 aliphatic carbocycles. The van der Waals surface area contributed by atoms with Gasteiger partial charge in [0.25, 0.3) is 5.56 Å². The molecular formula is C39H43N3O7. The molecule has 0 bridgehead atoms. The number of aromatic nitrogens is 2. The van der Waals surface area contributed by atoms with Crippen LogP contribution in [-0.4, -0.2) is 32.5 Å². The van der Waals surface area contributed by atoms with Gasteiger partial charge in [-0.1, -0.05) is 59.1 Å². The molecule has 2 aromatic carbocycles. The summed E-state index contributed by atoms with van der Waals surface area (Å²) in [6.45, 7) is 8.06. The largest absolute Gasteiger partial charge is 0.509 e. The molecule has 0 saturated carbocycles. The molecule has 3 heterocycles. The Balaban J connectivity index is 1.22. The lowest BCUT2D eigenvalue weighted by Gasteiger charge is -2.36. The molecule has 256 valence electrons. The van der Waals surface area contributed by atoms with Gasteiger partial charge in [0.2, 0.25) is 5.91 Å². The van der Waals surface area contributed by atoms with Gasteiger partial charge in [0, 0.05) is 40.1 Å². The van der Waals surface area contributed by atoms with Crippen LogP contribution in [0.2, 0.25) is 0 Å². The maximum Gasteiger partial charge on any atom is 0.509 e. The van der Waals surface area contributed by atoms with Crippen LogP contribution in [-0.2, 0) is 50.7 Å². The predicted octanol–water partition coefficient (Wildman–Crippen LogP) is 7.32. The third-order valence-electron chi connectivity index (χ3n) is 10.0. The number of rotatable bonds is 11. The van der Waals surface area contributed by atoms with Crippen molar-refractivity contribution in [3.05, 3.63) is 86.7 Å². The quantitative estimate of drug-likeness (QED) is 0.111. The van der Waals surface area contributed by atoms with Crippen molar-refractivity contribution in [3.8, 4) is 17.1 Å². The molecule has 10 heteroatoms. The molecule has 6 rings (SSSR count). The number of Topliss-reactive ketones (excluding diaryl/α,β-unsaturated/α-hetero) is 1. The molecule has 2 atom stereocenters. The molecule has 49 heavy (non-hydrogen) atoms. The van der Waals surface area contributed by atoms with Gasteiger partial charge in [-0.25, -0.2) is 9.78 Å². The zero-order valence-corrected chi connectivity index (χ0v) is 28.6. The van der Waals surface area contributed by atoms with Gasteiger partial charge in [-0.05, 0) is 73.2 Å². The lowest BCUT2D eigenvalue weighted by atomic mass is 9.76. The Kier molecular flexibility index (Phi) is 9.59. The number of carbonyl (C=O) groups excluding carboxylic acids is 3. The van der Waals surface area contributed by atoms with Crippen LogP contribution in [0.5, 0.6) is 5.75 Å². The molecule has 2 aliphatic rings. The molecule has 0 saturated heterocycles. The van der Waals surface area contributed by atoms with Crippen molar-refractivity contribution < 1.29 is 29.0 Å². The van der Waals surface area contributed by atoms with Crippen LogP contribution in [0, 0.1) is 5.92 Å². The molecule has 10 nitrogen and oxygen atoms in total. The third kappa shape index (κ3) is 6.32. The molecule has 0 fully saturated rings. The van der Waals surface area contributed by atoms with Crippen molar-refractivity contribution in [2.45, 2.75) is 97.8 Å². The lowest BCUT2D eigenvalue weighted by Crippen LogP contribution is -2.46. The summed E-state index contributed by atoms with van der Waals surface area (Å²) in [7, 11) is 0. The highest BCUT2D eigenvalue weighted by atomic mass is 16.7. The first-order valence-electron chi connectivity index (χ1n) is 17.3. The second kappa shape index (κ2) is 13.9. The minimum atomic E-state index is -1.68. The number of nitrogens with one attached hydrogen (secondary N) is 1. The van der Waals surface area contributed by atoms with Crippen LogP contribution in [0.1, 0.15) is 94.0 Å². The van der Waals surface area contributed by atoms with Crippen molar-refractivity contribution in [1.29, 1.82) is 0 Å². The van der Waals surface area contributed by atoms with Crippen molar-refractivity contribution in [1.82, 2.24) is 9.55 Å². The standard InChI is InChI=1S/C39H43N3O7/c1-5-8-9-10-23(4)36(45)40-25-13-11-24(12-14-25)22-48-38(47)49-39(7-3)31-20-33-35-30(21-42(33)37(46)28(31)16-18-34(39)44)27(6-2)29-19-26(43)15-17-32(29)41-35/h11-15,17,19-20,23,43H,5-10,16,18,21-22H2,1-4H3,(H,40,45). The summed E-state index contributed by atoms with van der Waals surface area (Å²) in [4.78, 5) is 58.3. The van der Waals surface area contributed by atoms with Crippen LogP contribution < -0.4 is 10.9 Å². The van der Waals surface area contributed by atoms with E-state index in [0.29, 0.717) is 52.2 Å². The Morgan fingerprint density at radius 3 is 2.51 bits per heavy atom. The van der Waals surface area contributed by atoms with Gasteiger partial charge in [0.05, 0.1) is 23.4 Å². The van der Waals surface area contributed by atoms with Gasteiger partial charge in [0.15, 0.2) is 11.4 Å². The number of hydrogen-bond acceptors (Lipinski definition) is 8. The highest BCUT2D eigenvalue weighted by Crippen LogP contribution is 2.43. The first-order chi connectivity index (χ1) is 23.6. The molecule has 2 aromatic heterocycles. The number of hydrogen-bond donors (Lipinski definition) is 2. The SMILES string of the molecule is CCCCCC(C)C(=O)Nc1ccc(COC(=O)OC2(CC)C(=O)CCc3c2cc2n(c3=O)Cc3c-2nc2ccc(O)cc2c3CC)cc1. The molecule has 4 aromatic rings. The Labute approximate surface area is 285 Å². The average Bonchev–Trinajstić information content (AvgIpc) is 3.46. The fourth-order valence-corrected chi connectivity index (χ4v) is 7.20. The Hall–Kier alpha value is -4.99. The number of aryl methyl sites for hydroxylation is 1. The fourth-order valence-electron chi connectivity index (χ4n) is 7.20. The lowest BCUT2D eigenvalue weighted by molar-refractivity contribution is -0.144. The average molecular weight is 666 g/mol. The zero-order valence-electron chi connectivity index (χ0n) is 28.6. The number of ketones is 1. The first kappa shape index (κ1) is 33.9. The van der Waals surface area contributed by atoms with Gasteiger partial charge < -0.3 is 24.5 Å². The minimum absolute atomic E-state index is 0.0324. The van der Waals surface area contributed by atoms with E-state index in [2.05, 4.69) is 12.2 Å². The molecule has 2 unspecified atom stereocenters. The summed E-state index contributed by atoms with van der Waals surface area (Å²) in [6, 6.07) is 13.8. The number of carbonyl (C=O) groups is 3. The number of nitrogens with zero attached hydrogens (tertiary/aromatic N) is 2. The van der Waals surface area contributed by atoms with E-state index in [4.69, 9.17) is 14.5 Å². The number of phenols is 1. The number of amides is 1. The summed E-state index contributed by atoms with van der Waals surface area (Å²) < 4.78 is 13.1. The maximum absolute atomic E-state index is 14.0. The highest BCUT2D eigenvalue weighted by molar-refractivity contribution is 5.94. The van der Waals surface area contributed by atoms with Crippen LogP contribution >= 0.6 is 0 Å². The summed E-state index contributed by atoms with van der Waals surface area (Å²) in [5.41, 5.74) is 4.05. The number of benzene rings is 2. The Morgan fingerprint density at radius 1 is 1.02 bits per heavy atom. The van der Waals surface area contributed by atoms with E-state index >= 15 is 0 Å². The van der Waals surface area contributed by atoms with E-state index in [9.17, 15) is 24.3 Å². The smallest absolute Gasteiger partial charge is 0.508 e. The van der Waals surface area contributed by atoms with Crippen molar-refractivity contribution >= 4 is 34.4 Å². The van der Waals surface area contributed by atoms with Crippen LogP contribution in [0.4, 0.5) is 10.5 Å². The first-order valence-corrected chi connectivity index (χ1v) is 17.3. The van der Waals surface area contributed by atoms with Crippen molar-refractivity contribution in [3.63, 3.8) is 0 Å². The summed E-state index contributed by atoms with van der Waals surface area (Å²) in [5, 5.41) is 13.9. The number of fused-ring (bicyclic) bond motifs is 5. The van der Waals surface area contributed by atoms with E-state index in [1.807, 2.05) is 13.8 Å². The minimum Gasteiger partial charge on any atom is -0.508 e. The number of anilines is 1. The second-order valence-corrected chi connectivity index (χ2v) is 13.1. The van der Waals surface area contributed by atoms with Gasteiger partial charge in [-0.15, -0.1) is 0 Å². The monoisotopic (exact) mass is 665 g/mol. The molecule has 2 N–H and O–H groups in total. The Bertz CT molecular complexity index is 2000. The summed E-state index contributed by atoms with van der Waals surface area (Å²) in [6.07, 6.45) is 4.15. The number of aromatic hydroxyl groups is 1. The number of unbranched alkanes of at least 4 members (excludes halogenated alkanes) is 2. The summed E-state index contributed by atoms with van der Waals surface area (Å²) >= 11 is 0. The van der Waals surface area contributed by atoms with Crippen LogP contribution in [0.25, 0.3) is 22.3 Å². The van der Waals surface area contributed by atoms with Crippen LogP contribution in [0.15, 0.2) is 53.3 Å². The van der Waals surface area contributed by atoms with Gasteiger partial charge in [-0.3, -0.25) is 14.4 Å². The van der Waals surface area contributed by atoms with E-state index in [1.165, 1.54) is 0 Å². The second-order valence-electron chi connectivity index (χ2n) is 13.1.